The molecule has 9 nitrogen and oxygen atoms in total. The lowest BCUT2D eigenvalue weighted by molar-refractivity contribution is -0.133. The second-order valence-corrected chi connectivity index (χ2v) is 8.61. The third-order valence-corrected chi connectivity index (χ3v) is 6.60. The van der Waals surface area contributed by atoms with E-state index in [0.717, 1.165) is 29.1 Å². The molecule has 0 radical (unpaired) electrons. The molecule has 1 aliphatic heterocycles. The minimum Gasteiger partial charge on any atom is -0.497 e. The normalized spacial score (nSPS) is 15.2. The smallest absolute Gasteiger partial charge is 0.332 e. The summed E-state index contributed by atoms with van der Waals surface area (Å²) in [6.07, 6.45) is 0.988. The van der Waals surface area contributed by atoms with Crippen molar-refractivity contribution in [2.45, 2.75) is 5.92 Å². The molecular weight excluding hydrogens is 487 g/mol. The number of allylic oxidation sites excluding steroid dienone is 1. The van der Waals surface area contributed by atoms with Crippen LogP contribution in [0.1, 0.15) is 11.5 Å². The molecule has 3 N–H and O–H groups in total. The number of aromatic nitrogens is 1. The topological polar surface area (TPSA) is 136 Å². The lowest BCUT2D eigenvalue weighted by Gasteiger charge is -2.25. The molecule has 3 aromatic rings. The summed E-state index contributed by atoms with van der Waals surface area (Å²) in [5, 5.41) is 12.8. The molecule has 182 valence electrons. The van der Waals surface area contributed by atoms with E-state index in [9.17, 15) is 24.0 Å². The first-order valence-electron chi connectivity index (χ1n) is 10.5. The summed E-state index contributed by atoms with van der Waals surface area (Å²) in [6, 6.07) is 13.9. The SMILES string of the molecule is COC(=O)/C=c1\sc2n(c1=O)C(N)=C(C#N)[C@H](c1ccc(F)cc1)C=2C(=O)Nc1cccc(OC)c1. The fourth-order valence-electron chi connectivity index (χ4n) is 3.82. The number of carbonyl (C=O) groups is 2. The van der Waals surface area contributed by atoms with Gasteiger partial charge in [-0.3, -0.25) is 14.2 Å². The number of hydrogen-bond donors (Lipinski definition) is 2. The van der Waals surface area contributed by atoms with Gasteiger partial charge in [0.05, 0.1) is 37.4 Å². The van der Waals surface area contributed by atoms with Crippen molar-refractivity contribution in [3.63, 3.8) is 0 Å². The number of amides is 1. The Labute approximate surface area is 207 Å². The second-order valence-electron chi connectivity index (χ2n) is 7.57. The van der Waals surface area contributed by atoms with E-state index < -0.39 is 29.2 Å². The Bertz CT molecular complexity index is 1630. The number of carbonyl (C=O) groups excluding carboxylic acids is 2. The third kappa shape index (κ3) is 4.37. The van der Waals surface area contributed by atoms with E-state index in [0.29, 0.717) is 17.0 Å². The van der Waals surface area contributed by atoms with E-state index in [1.807, 2.05) is 6.07 Å². The van der Waals surface area contributed by atoms with E-state index >= 15 is 0 Å². The van der Waals surface area contributed by atoms with Gasteiger partial charge in [0.15, 0.2) is 0 Å². The summed E-state index contributed by atoms with van der Waals surface area (Å²) < 4.78 is 24.6. The first kappa shape index (κ1) is 24.4. The van der Waals surface area contributed by atoms with E-state index in [2.05, 4.69) is 10.1 Å². The number of halogens is 1. The molecule has 0 fully saturated rings. The van der Waals surface area contributed by atoms with Crippen molar-refractivity contribution in [1.82, 2.24) is 4.57 Å². The molecule has 0 spiro atoms. The average molecular weight is 507 g/mol. The molecule has 1 aromatic heterocycles. The van der Waals surface area contributed by atoms with Crippen molar-refractivity contribution < 1.29 is 23.5 Å². The van der Waals surface area contributed by atoms with Crippen LogP contribution in [0.3, 0.4) is 0 Å². The van der Waals surface area contributed by atoms with E-state index in [-0.39, 0.29) is 26.2 Å². The zero-order valence-corrected chi connectivity index (χ0v) is 19.9. The van der Waals surface area contributed by atoms with Gasteiger partial charge in [0, 0.05) is 17.8 Å². The van der Waals surface area contributed by atoms with Crippen molar-refractivity contribution in [3.8, 4) is 11.8 Å². The fraction of sp³-hybridized carbons (Fsp3) is 0.120. The highest BCUT2D eigenvalue weighted by molar-refractivity contribution is 7.07. The van der Waals surface area contributed by atoms with Gasteiger partial charge in [0.1, 0.15) is 26.6 Å². The van der Waals surface area contributed by atoms with Gasteiger partial charge >= 0.3 is 5.97 Å². The molecule has 2 heterocycles. The Morgan fingerprint density at radius 3 is 2.58 bits per heavy atom. The van der Waals surface area contributed by atoms with Crippen LogP contribution in [0.5, 0.6) is 5.75 Å². The fourth-order valence-corrected chi connectivity index (χ4v) is 4.96. The number of nitrogens with zero attached hydrogens (tertiary/aromatic N) is 2. The van der Waals surface area contributed by atoms with Crippen LogP contribution in [0.15, 0.2) is 58.9 Å². The van der Waals surface area contributed by atoms with Gasteiger partial charge < -0.3 is 20.5 Å². The maximum absolute atomic E-state index is 13.7. The highest BCUT2D eigenvalue weighted by atomic mass is 32.1. The van der Waals surface area contributed by atoms with Crippen LogP contribution in [0.25, 0.3) is 17.5 Å². The maximum atomic E-state index is 13.7. The zero-order chi connectivity index (χ0) is 26.0. The Balaban J connectivity index is 2.03. The number of nitrogens with two attached hydrogens (primary N) is 1. The standard InChI is InChI=1S/C25H19FN4O5S/c1-34-16-5-3-4-15(10-16)29-23(32)21-20(13-6-8-14(26)9-7-13)17(12-27)22(28)30-24(33)18(36-25(21)30)11-19(31)35-2/h3-11,20H,28H2,1-2H3,(H,29,32)/b18-11-/t20-/m0/s1. The molecule has 1 aliphatic rings. The lowest BCUT2D eigenvalue weighted by Crippen LogP contribution is -2.40. The largest absolute Gasteiger partial charge is 0.497 e. The van der Waals surface area contributed by atoms with Gasteiger partial charge in [-0.1, -0.05) is 18.2 Å². The first-order chi connectivity index (χ1) is 17.3. The summed E-state index contributed by atoms with van der Waals surface area (Å²) in [7, 11) is 2.65. The van der Waals surface area contributed by atoms with Crippen LogP contribution in [0.4, 0.5) is 10.1 Å². The number of anilines is 1. The minimum atomic E-state index is -1.01. The van der Waals surface area contributed by atoms with Crippen LogP contribution in [-0.4, -0.2) is 30.7 Å². The van der Waals surface area contributed by atoms with Crippen LogP contribution in [0.2, 0.25) is 0 Å². The maximum Gasteiger partial charge on any atom is 0.332 e. The highest BCUT2D eigenvalue weighted by Gasteiger charge is 2.35. The number of ether oxygens (including phenoxy) is 2. The van der Waals surface area contributed by atoms with Crippen molar-refractivity contribution >= 4 is 46.4 Å². The summed E-state index contributed by atoms with van der Waals surface area (Å²) in [5.41, 5.74) is 6.33. The molecular formula is C25H19FN4O5S. The Morgan fingerprint density at radius 2 is 1.94 bits per heavy atom. The zero-order valence-electron chi connectivity index (χ0n) is 19.1. The van der Waals surface area contributed by atoms with Gasteiger partial charge in [-0.25, -0.2) is 9.18 Å². The summed E-state index contributed by atoms with van der Waals surface area (Å²) in [4.78, 5) is 38.7. The average Bonchev–Trinajstić information content (AvgIpc) is 3.19. The molecule has 0 unspecified atom stereocenters. The quantitative estimate of drug-likeness (QED) is 0.497. The highest BCUT2D eigenvalue weighted by Crippen LogP contribution is 2.36. The molecule has 1 amide bonds. The van der Waals surface area contributed by atoms with Gasteiger partial charge in [0.2, 0.25) is 0 Å². The predicted molar refractivity (Wildman–Crippen MR) is 131 cm³/mol. The summed E-state index contributed by atoms with van der Waals surface area (Å²) in [6.45, 7) is 0. The third-order valence-electron chi connectivity index (χ3n) is 5.49. The van der Waals surface area contributed by atoms with Crippen molar-refractivity contribution in [2.75, 3.05) is 19.5 Å². The molecule has 1 atom stereocenters. The molecule has 2 aromatic carbocycles. The molecule has 11 heteroatoms. The first-order valence-corrected chi connectivity index (χ1v) is 11.3. The van der Waals surface area contributed by atoms with E-state index in [1.54, 1.807) is 24.3 Å². The van der Waals surface area contributed by atoms with Crippen LogP contribution < -0.4 is 30.5 Å². The van der Waals surface area contributed by atoms with E-state index in [1.165, 1.54) is 31.4 Å². The number of nitriles is 1. The summed E-state index contributed by atoms with van der Waals surface area (Å²) in [5.74, 6) is -2.60. The molecule has 0 saturated heterocycles. The van der Waals surface area contributed by atoms with Crippen LogP contribution >= 0.6 is 11.3 Å². The number of esters is 1. The van der Waals surface area contributed by atoms with Crippen molar-refractivity contribution in [1.29, 1.82) is 5.26 Å². The molecule has 0 saturated carbocycles. The number of hydrogen-bond acceptors (Lipinski definition) is 8. The van der Waals surface area contributed by atoms with Crippen molar-refractivity contribution in [2.24, 2.45) is 5.73 Å². The predicted octanol–water partition coefficient (Wildman–Crippen LogP) is 1.25. The minimum absolute atomic E-state index is 0.0294. The van der Waals surface area contributed by atoms with Crippen LogP contribution in [-0.2, 0) is 14.3 Å². The van der Waals surface area contributed by atoms with E-state index in [4.69, 9.17) is 10.5 Å². The van der Waals surface area contributed by atoms with Crippen molar-refractivity contribution in [3.05, 3.63) is 85.0 Å². The number of fused-ring (bicyclic) bond motifs is 1. The number of thiazole rings is 1. The number of benzene rings is 2. The lowest BCUT2D eigenvalue weighted by atomic mass is 9.83. The Kier molecular flexibility index (Phi) is 6.71. The number of nitrogens with one attached hydrogen (secondary N) is 1. The molecule has 4 rings (SSSR count). The number of methoxy groups -OCH3 is 2. The van der Waals surface area contributed by atoms with Crippen LogP contribution in [0, 0.1) is 17.1 Å². The monoisotopic (exact) mass is 506 g/mol. The Morgan fingerprint density at radius 1 is 1.22 bits per heavy atom. The summed E-state index contributed by atoms with van der Waals surface area (Å²) >= 11 is 0.852. The second kappa shape index (κ2) is 9.89. The van der Waals surface area contributed by atoms with Gasteiger partial charge in [-0.05, 0) is 29.8 Å². The van der Waals surface area contributed by atoms with Gasteiger partial charge in [-0.15, -0.1) is 11.3 Å². The van der Waals surface area contributed by atoms with Gasteiger partial charge in [-0.2, -0.15) is 5.26 Å². The number of rotatable bonds is 5. The van der Waals surface area contributed by atoms with Gasteiger partial charge in [0.25, 0.3) is 11.5 Å². The molecule has 36 heavy (non-hydrogen) atoms. The molecule has 0 aliphatic carbocycles. The Hall–Kier alpha value is -4.69. The molecule has 0 bridgehead atoms.